The standard InChI is InChI=1S/C13H28N2O/c1-8-13(9-2,14-7)11(16)15-10(3)12(4,5)6/h10,14H,8-9H2,1-7H3,(H,15,16). The third kappa shape index (κ3) is 3.48. The minimum Gasteiger partial charge on any atom is -0.352 e. The van der Waals surface area contributed by atoms with Gasteiger partial charge in [0.25, 0.3) is 0 Å². The number of carbonyl (C=O) groups is 1. The summed E-state index contributed by atoms with van der Waals surface area (Å²) in [6.45, 7) is 12.6. The molecule has 2 N–H and O–H groups in total. The minimum atomic E-state index is -0.417. The first-order chi connectivity index (χ1) is 7.23. The van der Waals surface area contributed by atoms with Gasteiger partial charge in [0.15, 0.2) is 0 Å². The largest absolute Gasteiger partial charge is 0.352 e. The Bertz CT molecular complexity index is 218. The number of amides is 1. The first-order valence-corrected chi connectivity index (χ1v) is 6.23. The Labute approximate surface area is 100 Å². The van der Waals surface area contributed by atoms with E-state index in [0.29, 0.717) is 0 Å². The van der Waals surface area contributed by atoms with Gasteiger partial charge in [-0.15, -0.1) is 0 Å². The first-order valence-electron chi connectivity index (χ1n) is 6.23. The molecule has 0 rings (SSSR count). The van der Waals surface area contributed by atoms with Gasteiger partial charge in [-0.2, -0.15) is 0 Å². The lowest BCUT2D eigenvalue weighted by Crippen LogP contribution is -2.58. The second-order valence-corrected chi connectivity index (χ2v) is 5.60. The zero-order valence-corrected chi connectivity index (χ0v) is 11.9. The van der Waals surface area contributed by atoms with Crippen LogP contribution in [0, 0.1) is 5.41 Å². The molecule has 3 nitrogen and oxygen atoms in total. The van der Waals surface area contributed by atoms with Crippen LogP contribution in [0.4, 0.5) is 0 Å². The van der Waals surface area contributed by atoms with Gasteiger partial charge in [0.1, 0.15) is 0 Å². The Morgan fingerprint density at radius 3 is 1.88 bits per heavy atom. The molecule has 0 saturated heterocycles. The fourth-order valence-electron chi connectivity index (χ4n) is 1.59. The van der Waals surface area contributed by atoms with E-state index in [1.165, 1.54) is 0 Å². The molecule has 0 saturated carbocycles. The van der Waals surface area contributed by atoms with Gasteiger partial charge in [-0.05, 0) is 32.2 Å². The molecule has 16 heavy (non-hydrogen) atoms. The fraction of sp³-hybridized carbons (Fsp3) is 0.923. The van der Waals surface area contributed by atoms with Crippen molar-refractivity contribution in [1.29, 1.82) is 0 Å². The highest BCUT2D eigenvalue weighted by Crippen LogP contribution is 2.21. The number of nitrogens with one attached hydrogen (secondary N) is 2. The average Bonchev–Trinajstić information content (AvgIpc) is 2.19. The summed E-state index contributed by atoms with van der Waals surface area (Å²) in [5.41, 5.74) is -0.323. The summed E-state index contributed by atoms with van der Waals surface area (Å²) in [6.07, 6.45) is 1.62. The Kier molecular flexibility index (Phi) is 5.47. The van der Waals surface area contributed by atoms with Gasteiger partial charge in [0, 0.05) is 6.04 Å². The zero-order valence-electron chi connectivity index (χ0n) is 11.9. The molecule has 0 aromatic carbocycles. The molecule has 0 bridgehead atoms. The summed E-state index contributed by atoms with van der Waals surface area (Å²) < 4.78 is 0. The van der Waals surface area contributed by atoms with Crippen molar-refractivity contribution in [3.63, 3.8) is 0 Å². The second kappa shape index (κ2) is 5.67. The van der Waals surface area contributed by atoms with E-state index < -0.39 is 5.54 Å². The smallest absolute Gasteiger partial charge is 0.240 e. The van der Waals surface area contributed by atoms with Crippen LogP contribution in [0.1, 0.15) is 54.4 Å². The maximum Gasteiger partial charge on any atom is 0.240 e. The lowest BCUT2D eigenvalue weighted by molar-refractivity contribution is -0.129. The van der Waals surface area contributed by atoms with E-state index in [9.17, 15) is 4.79 Å². The van der Waals surface area contributed by atoms with Crippen LogP contribution in [-0.4, -0.2) is 24.5 Å². The molecule has 1 amide bonds. The molecule has 1 unspecified atom stereocenters. The molecule has 96 valence electrons. The van der Waals surface area contributed by atoms with Crippen molar-refractivity contribution in [2.24, 2.45) is 5.41 Å². The van der Waals surface area contributed by atoms with Crippen LogP contribution < -0.4 is 10.6 Å². The number of hydrogen-bond donors (Lipinski definition) is 2. The monoisotopic (exact) mass is 228 g/mol. The predicted octanol–water partition coefficient (Wildman–Crippen LogP) is 2.32. The summed E-state index contributed by atoms with van der Waals surface area (Å²) in [6, 6.07) is 0.172. The van der Waals surface area contributed by atoms with Gasteiger partial charge in [0.2, 0.25) is 5.91 Å². The highest BCUT2D eigenvalue weighted by molar-refractivity contribution is 5.86. The van der Waals surface area contributed by atoms with Gasteiger partial charge in [-0.3, -0.25) is 4.79 Å². The van der Waals surface area contributed by atoms with Crippen molar-refractivity contribution in [3.05, 3.63) is 0 Å². The Morgan fingerprint density at radius 1 is 1.19 bits per heavy atom. The molecule has 0 aromatic heterocycles. The molecule has 0 heterocycles. The molecule has 3 heteroatoms. The van der Waals surface area contributed by atoms with Crippen LogP contribution in [-0.2, 0) is 4.79 Å². The molecule has 0 aliphatic carbocycles. The quantitative estimate of drug-likeness (QED) is 0.758. The Hall–Kier alpha value is -0.570. The van der Waals surface area contributed by atoms with Crippen molar-refractivity contribution >= 4 is 5.91 Å². The summed E-state index contributed by atoms with van der Waals surface area (Å²) >= 11 is 0. The van der Waals surface area contributed by atoms with Crippen molar-refractivity contribution in [3.8, 4) is 0 Å². The highest BCUT2D eigenvalue weighted by atomic mass is 16.2. The number of hydrogen-bond acceptors (Lipinski definition) is 2. The summed E-state index contributed by atoms with van der Waals surface area (Å²) in [5.74, 6) is 0.113. The van der Waals surface area contributed by atoms with Crippen LogP contribution in [0.2, 0.25) is 0 Å². The predicted molar refractivity (Wildman–Crippen MR) is 69.4 cm³/mol. The lowest BCUT2D eigenvalue weighted by Gasteiger charge is -2.35. The average molecular weight is 228 g/mol. The molecule has 0 aliphatic rings. The van der Waals surface area contributed by atoms with E-state index in [1.807, 2.05) is 20.9 Å². The Morgan fingerprint density at radius 2 is 1.62 bits per heavy atom. The van der Waals surface area contributed by atoms with E-state index in [4.69, 9.17) is 0 Å². The molecule has 0 radical (unpaired) electrons. The van der Waals surface area contributed by atoms with Gasteiger partial charge >= 0.3 is 0 Å². The number of carbonyl (C=O) groups excluding carboxylic acids is 1. The van der Waals surface area contributed by atoms with Gasteiger partial charge < -0.3 is 10.6 Å². The van der Waals surface area contributed by atoms with Crippen LogP contribution in [0.3, 0.4) is 0 Å². The van der Waals surface area contributed by atoms with E-state index in [2.05, 4.69) is 38.3 Å². The number of rotatable bonds is 5. The molecule has 0 fully saturated rings. The highest BCUT2D eigenvalue weighted by Gasteiger charge is 2.35. The van der Waals surface area contributed by atoms with E-state index >= 15 is 0 Å². The summed E-state index contributed by atoms with van der Waals surface area (Å²) in [5, 5.41) is 6.27. The van der Waals surface area contributed by atoms with E-state index in [1.54, 1.807) is 0 Å². The zero-order chi connectivity index (χ0) is 13.0. The van der Waals surface area contributed by atoms with Crippen LogP contribution in [0.15, 0.2) is 0 Å². The fourth-order valence-corrected chi connectivity index (χ4v) is 1.59. The van der Waals surface area contributed by atoms with Crippen LogP contribution in [0.5, 0.6) is 0 Å². The molecule has 0 spiro atoms. The van der Waals surface area contributed by atoms with E-state index in [-0.39, 0.29) is 17.4 Å². The minimum absolute atomic E-state index is 0.0939. The van der Waals surface area contributed by atoms with Crippen molar-refractivity contribution in [1.82, 2.24) is 10.6 Å². The third-order valence-electron chi connectivity index (χ3n) is 3.77. The maximum absolute atomic E-state index is 12.2. The van der Waals surface area contributed by atoms with Gasteiger partial charge in [-0.25, -0.2) is 0 Å². The molecular weight excluding hydrogens is 200 g/mol. The third-order valence-corrected chi connectivity index (χ3v) is 3.77. The van der Waals surface area contributed by atoms with Crippen molar-refractivity contribution < 1.29 is 4.79 Å². The first kappa shape index (κ1) is 15.4. The summed E-state index contributed by atoms with van der Waals surface area (Å²) in [7, 11) is 1.86. The summed E-state index contributed by atoms with van der Waals surface area (Å²) in [4.78, 5) is 12.2. The van der Waals surface area contributed by atoms with Crippen LogP contribution in [0.25, 0.3) is 0 Å². The van der Waals surface area contributed by atoms with Crippen LogP contribution >= 0.6 is 0 Å². The second-order valence-electron chi connectivity index (χ2n) is 5.60. The van der Waals surface area contributed by atoms with Crippen molar-refractivity contribution in [2.45, 2.75) is 66.0 Å². The number of likely N-dealkylation sites (N-methyl/N-ethyl adjacent to an activating group) is 1. The molecule has 0 aromatic rings. The molecule has 1 atom stereocenters. The lowest BCUT2D eigenvalue weighted by atomic mass is 9.86. The SMILES string of the molecule is CCC(CC)(NC)C(=O)NC(C)C(C)(C)C. The Balaban J connectivity index is 4.67. The topological polar surface area (TPSA) is 41.1 Å². The van der Waals surface area contributed by atoms with Crippen molar-refractivity contribution in [2.75, 3.05) is 7.05 Å². The molecular formula is C13H28N2O. The van der Waals surface area contributed by atoms with Gasteiger partial charge in [0.05, 0.1) is 5.54 Å². The van der Waals surface area contributed by atoms with E-state index in [0.717, 1.165) is 12.8 Å². The normalized spacial score (nSPS) is 14.7. The molecule has 0 aliphatic heterocycles. The van der Waals surface area contributed by atoms with Gasteiger partial charge in [-0.1, -0.05) is 34.6 Å². The maximum atomic E-state index is 12.2.